The van der Waals surface area contributed by atoms with E-state index < -0.39 is 17.3 Å². The predicted molar refractivity (Wildman–Crippen MR) is 101 cm³/mol. The quantitative estimate of drug-likeness (QED) is 0.756. The summed E-state index contributed by atoms with van der Waals surface area (Å²) in [5, 5.41) is 0. The standard InChI is InChI=1S/C18H27N5O4/c1-10-7-22(8-11(2)27-10)9-14-19-16-15(23(14)12(3)13(4)24)17(25)21(6)18(26)20(16)5/h10-12H,7-9H2,1-6H3/t10-,11-,12+/m1/s1. The molecule has 2 aromatic heterocycles. The van der Waals surface area contributed by atoms with E-state index in [0.29, 0.717) is 18.0 Å². The van der Waals surface area contributed by atoms with Crippen LogP contribution >= 0.6 is 0 Å². The average Bonchev–Trinajstić information content (AvgIpc) is 2.95. The molecule has 0 aliphatic carbocycles. The Balaban J connectivity index is 2.20. The van der Waals surface area contributed by atoms with Crippen molar-refractivity contribution in [2.24, 2.45) is 14.1 Å². The van der Waals surface area contributed by atoms with Crippen molar-refractivity contribution >= 4 is 16.9 Å². The molecular weight excluding hydrogens is 350 g/mol. The number of aromatic nitrogens is 4. The number of Topliss-reactive ketones (excluding diaryl/α,β-unsaturated/α-hetero) is 1. The molecule has 0 N–H and O–H groups in total. The van der Waals surface area contributed by atoms with Gasteiger partial charge >= 0.3 is 5.69 Å². The highest BCUT2D eigenvalue weighted by atomic mass is 16.5. The van der Waals surface area contributed by atoms with Crippen LogP contribution in [0.2, 0.25) is 0 Å². The Bertz CT molecular complexity index is 992. The van der Waals surface area contributed by atoms with Gasteiger partial charge in [-0.15, -0.1) is 0 Å². The van der Waals surface area contributed by atoms with Crippen LogP contribution in [0.25, 0.3) is 11.2 Å². The van der Waals surface area contributed by atoms with Crippen molar-refractivity contribution in [1.29, 1.82) is 0 Å². The molecule has 0 saturated carbocycles. The number of rotatable bonds is 4. The Morgan fingerprint density at radius 3 is 2.33 bits per heavy atom. The molecule has 0 aromatic carbocycles. The SMILES string of the molecule is CC(=O)[C@H](C)n1c(CN2C[C@@H](C)O[C@H](C)C2)nc2c1c(=O)n(C)c(=O)n2C. The number of hydrogen-bond donors (Lipinski definition) is 0. The fourth-order valence-electron chi connectivity index (χ4n) is 3.78. The van der Waals surface area contributed by atoms with E-state index in [9.17, 15) is 14.4 Å². The molecule has 0 radical (unpaired) electrons. The lowest BCUT2D eigenvalue weighted by Crippen LogP contribution is -2.45. The molecule has 3 heterocycles. The van der Waals surface area contributed by atoms with Crippen LogP contribution in [-0.4, -0.2) is 54.7 Å². The first-order valence-corrected chi connectivity index (χ1v) is 9.16. The number of imidazole rings is 1. The first-order chi connectivity index (χ1) is 12.6. The van der Waals surface area contributed by atoms with Crippen LogP contribution < -0.4 is 11.2 Å². The van der Waals surface area contributed by atoms with Gasteiger partial charge in [0, 0.05) is 27.2 Å². The van der Waals surface area contributed by atoms with Crippen LogP contribution in [0.15, 0.2) is 9.59 Å². The third kappa shape index (κ3) is 3.37. The lowest BCUT2D eigenvalue weighted by molar-refractivity contribution is -0.119. The predicted octanol–water partition coefficient (Wildman–Crippen LogP) is 0.193. The zero-order chi connectivity index (χ0) is 20.0. The Kier molecular flexibility index (Phi) is 5.09. The van der Waals surface area contributed by atoms with Crippen molar-refractivity contribution in [1.82, 2.24) is 23.6 Å². The molecule has 0 bridgehead atoms. The molecule has 3 atom stereocenters. The molecule has 0 amide bonds. The third-order valence-electron chi connectivity index (χ3n) is 5.20. The summed E-state index contributed by atoms with van der Waals surface area (Å²) in [6, 6.07) is -0.550. The molecule has 2 aromatic rings. The van der Waals surface area contributed by atoms with E-state index in [1.807, 2.05) is 13.8 Å². The molecule has 1 saturated heterocycles. The van der Waals surface area contributed by atoms with Crippen LogP contribution in [0.1, 0.15) is 39.6 Å². The van der Waals surface area contributed by atoms with Crippen LogP contribution in [-0.2, 0) is 30.2 Å². The minimum absolute atomic E-state index is 0.0739. The summed E-state index contributed by atoms with van der Waals surface area (Å²) in [6.07, 6.45) is 0.183. The summed E-state index contributed by atoms with van der Waals surface area (Å²) in [5.41, 5.74) is -0.288. The van der Waals surface area contributed by atoms with Crippen molar-refractivity contribution in [2.45, 2.75) is 52.5 Å². The Labute approximate surface area is 157 Å². The zero-order valence-electron chi connectivity index (χ0n) is 16.7. The van der Waals surface area contributed by atoms with Crippen molar-refractivity contribution in [3.05, 3.63) is 26.7 Å². The number of nitrogens with zero attached hydrogens (tertiary/aromatic N) is 5. The molecule has 1 aliphatic heterocycles. The van der Waals surface area contributed by atoms with Gasteiger partial charge in [-0.2, -0.15) is 0 Å². The van der Waals surface area contributed by atoms with E-state index in [0.717, 1.165) is 17.7 Å². The molecule has 1 fully saturated rings. The van der Waals surface area contributed by atoms with Crippen molar-refractivity contribution in [3.8, 4) is 0 Å². The van der Waals surface area contributed by atoms with E-state index in [1.54, 1.807) is 18.5 Å². The van der Waals surface area contributed by atoms with Gasteiger partial charge < -0.3 is 9.30 Å². The smallest absolute Gasteiger partial charge is 0.332 e. The first kappa shape index (κ1) is 19.5. The first-order valence-electron chi connectivity index (χ1n) is 9.16. The molecule has 1 aliphatic rings. The topological polar surface area (TPSA) is 91.4 Å². The minimum Gasteiger partial charge on any atom is -0.373 e. The molecule has 9 heteroatoms. The van der Waals surface area contributed by atoms with Gasteiger partial charge in [0.25, 0.3) is 5.56 Å². The second-order valence-corrected chi connectivity index (χ2v) is 7.51. The van der Waals surface area contributed by atoms with Gasteiger partial charge in [0.2, 0.25) is 0 Å². The van der Waals surface area contributed by atoms with Gasteiger partial charge in [0.1, 0.15) is 5.82 Å². The highest BCUT2D eigenvalue weighted by Gasteiger charge is 2.28. The average molecular weight is 377 g/mol. The number of morpholine rings is 1. The van der Waals surface area contributed by atoms with E-state index >= 15 is 0 Å². The zero-order valence-corrected chi connectivity index (χ0v) is 16.7. The summed E-state index contributed by atoms with van der Waals surface area (Å²) in [4.78, 5) is 44.0. The highest BCUT2D eigenvalue weighted by molar-refractivity contribution is 5.82. The number of hydrogen-bond acceptors (Lipinski definition) is 6. The molecule has 0 spiro atoms. The Morgan fingerprint density at radius 1 is 1.19 bits per heavy atom. The number of carbonyl (C=O) groups is 1. The molecule has 9 nitrogen and oxygen atoms in total. The van der Waals surface area contributed by atoms with E-state index in [2.05, 4.69) is 9.88 Å². The summed E-state index contributed by atoms with van der Waals surface area (Å²) in [5.74, 6) is 0.530. The van der Waals surface area contributed by atoms with E-state index in [-0.39, 0.29) is 23.5 Å². The number of ketones is 1. The normalized spacial score (nSPS) is 22.3. The fraction of sp³-hybridized carbons (Fsp3) is 0.667. The molecule has 3 rings (SSSR count). The van der Waals surface area contributed by atoms with Gasteiger partial charge in [-0.3, -0.25) is 23.6 Å². The van der Waals surface area contributed by atoms with Gasteiger partial charge in [-0.05, 0) is 27.7 Å². The lowest BCUT2D eigenvalue weighted by Gasteiger charge is -2.35. The maximum absolute atomic E-state index is 12.8. The number of carbonyl (C=O) groups excluding carboxylic acids is 1. The third-order valence-corrected chi connectivity index (χ3v) is 5.20. The summed E-state index contributed by atoms with van der Waals surface area (Å²) < 4.78 is 9.87. The molecule has 148 valence electrons. The number of ether oxygens (including phenoxy) is 1. The fourth-order valence-corrected chi connectivity index (χ4v) is 3.78. The van der Waals surface area contributed by atoms with Crippen molar-refractivity contribution in [3.63, 3.8) is 0 Å². The maximum atomic E-state index is 12.8. The van der Waals surface area contributed by atoms with Crippen molar-refractivity contribution in [2.75, 3.05) is 13.1 Å². The van der Waals surface area contributed by atoms with Crippen molar-refractivity contribution < 1.29 is 9.53 Å². The summed E-state index contributed by atoms with van der Waals surface area (Å²) in [6.45, 7) is 9.22. The van der Waals surface area contributed by atoms with Gasteiger partial charge in [0.05, 0.1) is 24.8 Å². The Morgan fingerprint density at radius 2 is 1.78 bits per heavy atom. The minimum atomic E-state index is -0.550. The van der Waals surface area contributed by atoms with Gasteiger partial charge in [-0.1, -0.05) is 0 Å². The van der Waals surface area contributed by atoms with Crippen LogP contribution in [0.3, 0.4) is 0 Å². The Hall–Kier alpha value is -2.26. The summed E-state index contributed by atoms with van der Waals surface area (Å²) >= 11 is 0. The summed E-state index contributed by atoms with van der Waals surface area (Å²) in [7, 11) is 3.02. The van der Waals surface area contributed by atoms with Gasteiger partial charge in [-0.25, -0.2) is 9.78 Å². The van der Waals surface area contributed by atoms with Crippen LogP contribution in [0.5, 0.6) is 0 Å². The molecule has 0 unspecified atom stereocenters. The van der Waals surface area contributed by atoms with E-state index in [1.165, 1.54) is 18.5 Å². The maximum Gasteiger partial charge on any atom is 0.332 e. The number of aryl methyl sites for hydroxylation is 1. The second-order valence-electron chi connectivity index (χ2n) is 7.51. The molecule has 27 heavy (non-hydrogen) atoms. The lowest BCUT2D eigenvalue weighted by atomic mass is 10.2. The van der Waals surface area contributed by atoms with Crippen LogP contribution in [0.4, 0.5) is 0 Å². The highest BCUT2D eigenvalue weighted by Crippen LogP contribution is 2.21. The van der Waals surface area contributed by atoms with Crippen LogP contribution in [0, 0.1) is 0 Å². The second kappa shape index (κ2) is 7.05. The van der Waals surface area contributed by atoms with Gasteiger partial charge in [0.15, 0.2) is 16.9 Å². The largest absolute Gasteiger partial charge is 0.373 e. The number of fused-ring (bicyclic) bond motifs is 1. The van der Waals surface area contributed by atoms with E-state index in [4.69, 9.17) is 4.74 Å². The monoisotopic (exact) mass is 377 g/mol. The molecular formula is C18H27N5O4.